The molecule has 0 unspecified atom stereocenters. The monoisotopic (exact) mass is 411 g/mol. The molecule has 0 aliphatic carbocycles. The first-order chi connectivity index (χ1) is 13.9. The number of hydrogen-bond acceptors (Lipinski definition) is 5. The molecule has 0 aliphatic rings. The summed E-state index contributed by atoms with van der Waals surface area (Å²) < 4.78 is 5.09. The molecule has 7 heteroatoms. The van der Waals surface area contributed by atoms with E-state index in [0.717, 1.165) is 17.8 Å². The topological polar surface area (TPSA) is 87.8 Å². The average Bonchev–Trinajstić information content (AvgIpc) is 3.19. The number of aromatic nitrogens is 3. The van der Waals surface area contributed by atoms with Crippen molar-refractivity contribution in [3.63, 3.8) is 0 Å². The van der Waals surface area contributed by atoms with E-state index >= 15 is 0 Å². The SMILES string of the molecule is CCOC(=O)c1c(C)[nH]c(C(=O)CSc2nc(Cc3ccccc3)c(C)[nH]2)c1C. The molecule has 0 saturated carbocycles. The maximum atomic E-state index is 12.7. The Bertz CT molecular complexity index is 1020. The van der Waals surface area contributed by atoms with Crippen LogP contribution in [0.3, 0.4) is 0 Å². The van der Waals surface area contributed by atoms with E-state index in [0.29, 0.717) is 34.3 Å². The zero-order valence-electron chi connectivity index (χ0n) is 17.1. The van der Waals surface area contributed by atoms with Crippen molar-refractivity contribution >= 4 is 23.5 Å². The number of rotatable bonds is 8. The highest BCUT2D eigenvalue weighted by Gasteiger charge is 2.23. The molecule has 0 atom stereocenters. The highest BCUT2D eigenvalue weighted by atomic mass is 32.2. The molecule has 1 aromatic carbocycles. The van der Waals surface area contributed by atoms with E-state index in [1.54, 1.807) is 20.8 Å². The third kappa shape index (κ3) is 4.79. The maximum Gasteiger partial charge on any atom is 0.340 e. The van der Waals surface area contributed by atoms with Crippen molar-refractivity contribution in [3.05, 3.63) is 69.8 Å². The molecule has 2 N–H and O–H groups in total. The number of aromatic amines is 2. The van der Waals surface area contributed by atoms with Gasteiger partial charge in [-0.25, -0.2) is 9.78 Å². The zero-order chi connectivity index (χ0) is 21.0. The predicted molar refractivity (Wildman–Crippen MR) is 114 cm³/mol. The molecule has 0 bridgehead atoms. The minimum atomic E-state index is -0.405. The van der Waals surface area contributed by atoms with Crippen LogP contribution in [0.25, 0.3) is 0 Å². The molecule has 3 aromatic rings. The van der Waals surface area contributed by atoms with Gasteiger partial charge in [-0.1, -0.05) is 42.1 Å². The molecule has 2 heterocycles. The van der Waals surface area contributed by atoms with E-state index in [1.807, 2.05) is 25.1 Å². The quantitative estimate of drug-likeness (QED) is 0.326. The summed E-state index contributed by atoms with van der Waals surface area (Å²) in [6.45, 7) is 7.58. The smallest absolute Gasteiger partial charge is 0.340 e. The highest BCUT2D eigenvalue weighted by molar-refractivity contribution is 7.99. The number of esters is 1. The lowest BCUT2D eigenvalue weighted by Gasteiger charge is -2.02. The Morgan fingerprint density at radius 3 is 2.48 bits per heavy atom. The third-order valence-corrected chi connectivity index (χ3v) is 5.59. The van der Waals surface area contributed by atoms with Crippen molar-refractivity contribution in [3.8, 4) is 0 Å². The molecule has 0 spiro atoms. The number of hydrogen-bond donors (Lipinski definition) is 2. The Morgan fingerprint density at radius 2 is 1.79 bits per heavy atom. The van der Waals surface area contributed by atoms with Gasteiger partial charge in [0.1, 0.15) is 0 Å². The van der Waals surface area contributed by atoms with Crippen LogP contribution in [0.5, 0.6) is 0 Å². The standard InChI is InChI=1S/C22H25N3O3S/c1-5-28-21(27)19-13(2)20(23-15(19)4)18(26)12-29-22-24-14(3)17(25-22)11-16-9-7-6-8-10-16/h6-10,23H,5,11-12H2,1-4H3,(H,24,25). The van der Waals surface area contributed by atoms with Gasteiger partial charge in [0, 0.05) is 17.8 Å². The second-order valence-electron chi connectivity index (χ2n) is 6.83. The van der Waals surface area contributed by atoms with E-state index in [1.165, 1.54) is 17.3 Å². The van der Waals surface area contributed by atoms with Gasteiger partial charge in [0.25, 0.3) is 0 Å². The number of nitrogens with one attached hydrogen (secondary N) is 2. The molecule has 29 heavy (non-hydrogen) atoms. The first-order valence-corrected chi connectivity index (χ1v) is 10.5. The number of aryl methyl sites for hydroxylation is 2. The van der Waals surface area contributed by atoms with Crippen LogP contribution < -0.4 is 0 Å². The van der Waals surface area contributed by atoms with E-state index in [9.17, 15) is 9.59 Å². The Kier molecular flexibility index (Phi) is 6.59. The van der Waals surface area contributed by atoms with Gasteiger partial charge in [-0.05, 0) is 38.8 Å². The van der Waals surface area contributed by atoms with Crippen LogP contribution in [0.15, 0.2) is 35.5 Å². The summed E-state index contributed by atoms with van der Waals surface area (Å²) in [5, 5.41) is 0.716. The number of carbonyl (C=O) groups excluding carboxylic acids is 2. The van der Waals surface area contributed by atoms with Crippen LogP contribution in [-0.2, 0) is 11.2 Å². The summed E-state index contributed by atoms with van der Waals surface area (Å²) in [6.07, 6.45) is 0.746. The first kappa shape index (κ1) is 20.9. The van der Waals surface area contributed by atoms with Crippen LogP contribution in [0, 0.1) is 20.8 Å². The number of nitrogens with zero attached hydrogens (tertiary/aromatic N) is 1. The summed E-state index contributed by atoms with van der Waals surface area (Å²) in [7, 11) is 0. The molecule has 152 valence electrons. The van der Waals surface area contributed by atoms with Crippen LogP contribution in [0.4, 0.5) is 0 Å². The normalized spacial score (nSPS) is 10.9. The van der Waals surface area contributed by atoms with E-state index in [2.05, 4.69) is 27.1 Å². The lowest BCUT2D eigenvalue weighted by molar-refractivity contribution is 0.0525. The molecular formula is C22H25N3O3S. The van der Waals surface area contributed by atoms with Crippen molar-refractivity contribution in [2.24, 2.45) is 0 Å². The van der Waals surface area contributed by atoms with Crippen LogP contribution in [-0.4, -0.2) is 39.1 Å². The van der Waals surface area contributed by atoms with Crippen LogP contribution in [0.2, 0.25) is 0 Å². The molecular weight excluding hydrogens is 386 g/mol. The number of Topliss-reactive ketones (excluding diaryl/α,β-unsaturated/α-hetero) is 1. The van der Waals surface area contributed by atoms with Gasteiger partial charge < -0.3 is 14.7 Å². The van der Waals surface area contributed by atoms with Gasteiger partial charge >= 0.3 is 5.97 Å². The van der Waals surface area contributed by atoms with Crippen LogP contribution in [0.1, 0.15) is 56.0 Å². The second kappa shape index (κ2) is 9.13. The minimum absolute atomic E-state index is 0.0789. The maximum absolute atomic E-state index is 12.7. The summed E-state index contributed by atoms with van der Waals surface area (Å²) in [5.74, 6) is -0.261. The summed E-state index contributed by atoms with van der Waals surface area (Å²) in [4.78, 5) is 35.8. The van der Waals surface area contributed by atoms with E-state index < -0.39 is 5.97 Å². The van der Waals surface area contributed by atoms with Crippen molar-refractivity contribution in [1.82, 2.24) is 15.0 Å². The largest absolute Gasteiger partial charge is 0.462 e. The number of H-pyrrole nitrogens is 2. The number of thioether (sulfide) groups is 1. The van der Waals surface area contributed by atoms with Gasteiger partial charge in [0.15, 0.2) is 10.9 Å². The van der Waals surface area contributed by atoms with Crippen molar-refractivity contribution in [1.29, 1.82) is 0 Å². The molecule has 0 aliphatic heterocycles. The fourth-order valence-corrected chi connectivity index (χ4v) is 4.05. The summed E-state index contributed by atoms with van der Waals surface area (Å²) in [6, 6.07) is 10.2. The highest BCUT2D eigenvalue weighted by Crippen LogP contribution is 2.23. The molecule has 3 rings (SSSR count). The number of benzene rings is 1. The Balaban J connectivity index is 1.68. The van der Waals surface area contributed by atoms with Gasteiger partial charge in [-0.15, -0.1) is 0 Å². The molecule has 6 nitrogen and oxygen atoms in total. The number of ether oxygens (including phenoxy) is 1. The lowest BCUT2D eigenvalue weighted by Crippen LogP contribution is -2.08. The molecule has 0 radical (unpaired) electrons. The lowest BCUT2D eigenvalue weighted by atomic mass is 10.1. The average molecular weight is 412 g/mol. The minimum Gasteiger partial charge on any atom is -0.462 e. The predicted octanol–water partition coefficient (Wildman–Crippen LogP) is 4.41. The van der Waals surface area contributed by atoms with Crippen molar-refractivity contribution in [2.75, 3.05) is 12.4 Å². The Hall–Kier alpha value is -2.80. The molecule has 2 aromatic heterocycles. The molecule has 0 fully saturated rings. The van der Waals surface area contributed by atoms with Gasteiger partial charge in [0.2, 0.25) is 0 Å². The first-order valence-electron chi connectivity index (χ1n) is 9.52. The van der Waals surface area contributed by atoms with Gasteiger partial charge in [-0.2, -0.15) is 0 Å². The number of carbonyl (C=O) groups is 2. The number of imidazole rings is 1. The Labute approximate surface area is 174 Å². The number of ketones is 1. The van der Waals surface area contributed by atoms with E-state index in [-0.39, 0.29) is 11.5 Å². The fourth-order valence-electron chi connectivity index (χ4n) is 3.24. The Morgan fingerprint density at radius 1 is 1.07 bits per heavy atom. The third-order valence-electron chi connectivity index (χ3n) is 4.71. The zero-order valence-corrected chi connectivity index (χ0v) is 17.9. The summed E-state index contributed by atoms with van der Waals surface area (Å²) >= 11 is 1.36. The van der Waals surface area contributed by atoms with Crippen molar-refractivity contribution in [2.45, 2.75) is 39.3 Å². The molecule has 0 saturated heterocycles. The second-order valence-corrected chi connectivity index (χ2v) is 7.80. The molecule has 0 amide bonds. The van der Waals surface area contributed by atoms with Crippen molar-refractivity contribution < 1.29 is 14.3 Å². The fraction of sp³-hybridized carbons (Fsp3) is 0.318. The van der Waals surface area contributed by atoms with Crippen LogP contribution >= 0.6 is 11.8 Å². The van der Waals surface area contributed by atoms with Gasteiger partial charge in [0.05, 0.1) is 29.3 Å². The van der Waals surface area contributed by atoms with Gasteiger partial charge in [-0.3, -0.25) is 4.79 Å². The summed E-state index contributed by atoms with van der Waals surface area (Å²) in [5.41, 5.74) is 5.34. The van der Waals surface area contributed by atoms with E-state index in [4.69, 9.17) is 4.74 Å².